The number of carbonyl (C=O) groups excluding carboxylic acids is 6. The largest absolute Gasteiger partial charge is 1.00 e. The number of aliphatic imine (C=N–C) groups is 1. The van der Waals surface area contributed by atoms with Gasteiger partial charge in [-0.25, -0.2) is 40.6 Å². The molecule has 0 spiro atoms. The Bertz CT molecular complexity index is 3810. The monoisotopic (exact) mass is 1320 g/mol. The smallest absolute Gasteiger partial charge is 0.857 e. The summed E-state index contributed by atoms with van der Waals surface area (Å²) in [7, 11) is 2.04. The maximum atomic E-state index is 13.4. The number of esters is 3. The minimum atomic E-state index is -3.62. The van der Waals surface area contributed by atoms with Gasteiger partial charge >= 0.3 is 75.9 Å². The number of hydrazine groups is 1. The molecule has 1 aromatic heterocycles. The number of aliphatic hydroxyl groups is 1. The van der Waals surface area contributed by atoms with E-state index in [1.165, 1.54) is 28.3 Å². The van der Waals surface area contributed by atoms with Crippen molar-refractivity contribution in [2.75, 3.05) is 80.0 Å². The number of carbonyl (C=O) groups is 6. The number of nitrogens with one attached hydrogen (secondary N) is 4. The summed E-state index contributed by atoms with van der Waals surface area (Å²) in [6.07, 6.45) is 3.11. The zero-order chi connectivity index (χ0) is 68.7. The number of nitro groups is 4. The molecule has 89 heavy (non-hydrogen) atoms. The van der Waals surface area contributed by atoms with Crippen LogP contribution >= 0.6 is 0 Å². The van der Waals surface area contributed by atoms with E-state index in [2.05, 4.69) is 40.7 Å². The Morgan fingerprint density at radius 3 is 1.37 bits per heavy atom. The number of sulfonamides is 1. The van der Waals surface area contributed by atoms with Crippen molar-refractivity contribution in [2.45, 2.75) is 19.7 Å². The molecule has 5 aromatic rings. The van der Waals surface area contributed by atoms with Gasteiger partial charge in [-0.2, -0.15) is 16.3 Å². The van der Waals surface area contributed by atoms with Crippen molar-refractivity contribution in [1.29, 1.82) is 0 Å². The van der Waals surface area contributed by atoms with Crippen LogP contribution in [-0.2, 0) is 54.3 Å². The Labute approximate surface area is 522 Å². The van der Waals surface area contributed by atoms with Crippen LogP contribution in [-0.4, -0.2) is 163 Å². The van der Waals surface area contributed by atoms with Crippen LogP contribution in [0.5, 0.6) is 17.2 Å². The second-order valence-electron chi connectivity index (χ2n) is 15.4. The van der Waals surface area contributed by atoms with Gasteiger partial charge in [-0.1, -0.05) is 0 Å². The molecule has 0 fully saturated rings. The molecule has 43 heteroatoms. The molecular formula is C46H55FN11NaO28S2. The van der Waals surface area contributed by atoms with Gasteiger partial charge in [0.1, 0.15) is 5.88 Å². The van der Waals surface area contributed by atoms with Crippen molar-refractivity contribution in [3.63, 3.8) is 0 Å². The molecule has 5 rings (SSSR count). The number of aldehydes is 1. The molecular weight excluding hydrogens is 1260 g/mol. The number of anilines is 2. The zero-order valence-corrected chi connectivity index (χ0v) is 52.5. The summed E-state index contributed by atoms with van der Waals surface area (Å²) in [5.41, 5.74) is -4.52. The summed E-state index contributed by atoms with van der Waals surface area (Å²) in [5.74, 6) is -1.30. The van der Waals surface area contributed by atoms with Gasteiger partial charge in [-0.3, -0.25) is 70.5 Å². The fourth-order valence-electron chi connectivity index (χ4n) is 6.00. The van der Waals surface area contributed by atoms with Crippen molar-refractivity contribution >= 4 is 113 Å². The normalized spacial score (nSPS) is 9.98. The van der Waals surface area contributed by atoms with E-state index >= 15 is 0 Å². The molecule has 0 atom stereocenters. The Hall–Kier alpha value is -9.82. The number of methoxy groups -OCH3 is 6. The first-order valence-electron chi connectivity index (χ1n) is 22.7. The predicted octanol–water partition coefficient (Wildman–Crippen LogP) is -2.27. The number of ether oxygens (including phenoxy) is 6. The molecule has 2 amide bonds. The third-order valence-corrected chi connectivity index (χ3v) is 10.6. The Balaban J connectivity index is -0.00000105. The van der Waals surface area contributed by atoms with Crippen molar-refractivity contribution in [3.05, 3.63) is 132 Å². The summed E-state index contributed by atoms with van der Waals surface area (Å²) in [6, 6.07) is 7.86. The second-order valence-corrected chi connectivity index (χ2v) is 19.3. The molecule has 0 saturated heterocycles. The van der Waals surface area contributed by atoms with E-state index in [1.54, 1.807) is 4.83 Å². The van der Waals surface area contributed by atoms with Gasteiger partial charge in [0.25, 0.3) is 5.56 Å². The summed E-state index contributed by atoms with van der Waals surface area (Å²) in [5, 5.41) is 62.9. The van der Waals surface area contributed by atoms with Gasteiger partial charge in [0, 0.05) is 69.7 Å². The number of aromatic nitrogens is 2. The van der Waals surface area contributed by atoms with Crippen molar-refractivity contribution in [3.8, 4) is 17.2 Å². The number of hydrogen-bond acceptors (Lipinski definition) is 30. The molecule has 1 heterocycles. The molecule has 39 nitrogen and oxygen atoms in total. The summed E-state index contributed by atoms with van der Waals surface area (Å²) in [6.45, 7) is 2.37. The van der Waals surface area contributed by atoms with Crippen LogP contribution < -0.4 is 81.4 Å². The number of nitrogens with zero attached hydrogens (tertiary/aromatic N) is 6. The maximum absolute atomic E-state index is 13.4. The number of sulfone groups is 1. The van der Waals surface area contributed by atoms with E-state index in [4.69, 9.17) is 24.4 Å². The standard InChI is InChI=1S/C11H11N3O7S.C11H12N2O6.C11H10N2O6.C10H9FN2O5.CH6N2O2S.CH4O.CH3O.Na/c1-21-9-3-6-7(4-8(9)14(17)18)12-11(16)13(10(6)15)5-22(2,19)20;1-6(14)12-8-5-9(13(16)17)10(18-2)4-7(8)11(15)19-3;1-18-10-5-7(11(15)19-2)8(12-3-4-14)6-9(10)13(16)17;1-5(14)12-8-4-9(13(16)17)7(11)3-6(8)10(15)18-2;1-6(4,5)3-2;2*1-2;/h3-4H,5H2,1-2H3,(H,12,16);4-5H,1-3H3,(H,12,14);3-6H,1-2H3;3-4H,1-2H3,(H,12,14);3H,2H2,1H3;2H,1H3;1H3;/q;;;;;;-1;+1. The number of rotatable bonds is 17. The van der Waals surface area contributed by atoms with Gasteiger partial charge in [0.2, 0.25) is 27.7 Å². The number of aliphatic hydroxyl groups excluding tert-OH is 1. The molecule has 0 saturated carbocycles. The number of amides is 2. The van der Waals surface area contributed by atoms with Gasteiger partial charge < -0.3 is 54.3 Å². The third kappa shape index (κ3) is 26.8. The fraction of sp³-hybridized carbons (Fsp3) is 0.283. The Morgan fingerprint density at radius 2 is 1.01 bits per heavy atom. The van der Waals surface area contributed by atoms with Crippen LogP contribution in [0.25, 0.3) is 10.9 Å². The second kappa shape index (κ2) is 39.8. The van der Waals surface area contributed by atoms with Crippen LogP contribution in [0.2, 0.25) is 0 Å². The molecule has 0 aliphatic carbocycles. The zero-order valence-electron chi connectivity index (χ0n) is 48.9. The molecule has 4 aromatic carbocycles. The molecule has 482 valence electrons. The first kappa shape index (κ1) is 83.4. The quantitative estimate of drug-likeness (QED) is 0.00835. The first-order valence-corrected chi connectivity index (χ1v) is 26.7. The summed E-state index contributed by atoms with van der Waals surface area (Å²) >= 11 is 0. The molecule has 0 bridgehead atoms. The summed E-state index contributed by atoms with van der Waals surface area (Å²) in [4.78, 5) is 138. The maximum Gasteiger partial charge on any atom is 1.00 e. The number of halogens is 1. The fourth-order valence-corrected chi connectivity index (χ4v) is 6.71. The predicted molar refractivity (Wildman–Crippen MR) is 302 cm³/mol. The number of fused-ring (bicyclic) bond motifs is 1. The number of aromatic amines is 1. The Morgan fingerprint density at radius 1 is 0.652 bits per heavy atom. The van der Waals surface area contributed by atoms with Crippen LogP contribution in [0, 0.1) is 46.3 Å². The van der Waals surface area contributed by atoms with Gasteiger partial charge in [-0.05, 0) is 6.07 Å². The third-order valence-electron chi connectivity index (χ3n) is 9.46. The molecule has 0 aliphatic heterocycles. The Kier molecular flexibility index (Phi) is 37.3. The topological polar surface area (TPSA) is 571 Å². The van der Waals surface area contributed by atoms with Gasteiger partial charge in [0.15, 0.2) is 33.4 Å². The van der Waals surface area contributed by atoms with Crippen LogP contribution in [0.3, 0.4) is 0 Å². The van der Waals surface area contributed by atoms with Crippen LogP contribution in [0.4, 0.5) is 44.2 Å². The van der Waals surface area contributed by atoms with E-state index in [-0.39, 0.29) is 103 Å². The number of nitro benzene ring substituents is 4. The van der Waals surface area contributed by atoms with E-state index in [0.29, 0.717) is 16.9 Å². The molecule has 7 N–H and O–H groups in total. The van der Waals surface area contributed by atoms with Crippen LogP contribution in [0.15, 0.2) is 63.1 Å². The SMILES string of the molecule is CO.COC(=O)c1cc(F)c([N+](=O)[O-])cc1NC(C)=O.COC(=O)c1cc(OC)c([N+](=O)[O-])cc1N=CC=O.COC(=O)c1cc(OC)c([N+](=O)[O-])cc1NC(C)=O.COc1cc2c(=O)n(CS(C)(=O)=O)c(=O)[nH]c2cc1[N+](=O)[O-].CS(=O)(=O)NN.C[O-].[Na+]. The molecule has 0 radical (unpaired) electrons. The number of nitrogens with two attached hydrogens (primary N) is 1. The molecule has 0 unspecified atom stereocenters. The van der Waals surface area contributed by atoms with E-state index in [9.17, 15) is 100 Å². The average Bonchev–Trinajstić information content (AvgIpc) is 1.64. The number of hydrogen-bond donors (Lipinski definition) is 6. The van der Waals surface area contributed by atoms with Crippen molar-refractivity contribution < 1.29 is 138 Å². The minimum Gasteiger partial charge on any atom is -0.857 e. The van der Waals surface area contributed by atoms with Crippen LogP contribution in [0.1, 0.15) is 44.9 Å². The van der Waals surface area contributed by atoms with Gasteiger partial charge in [0.05, 0.1) is 119 Å². The minimum absolute atomic E-state index is 0. The van der Waals surface area contributed by atoms with E-state index in [1.807, 2.05) is 0 Å². The van der Waals surface area contributed by atoms with E-state index in [0.717, 1.165) is 104 Å². The van der Waals surface area contributed by atoms with Crippen molar-refractivity contribution in [1.82, 2.24) is 14.4 Å². The average molecular weight is 1320 g/mol. The van der Waals surface area contributed by atoms with Crippen molar-refractivity contribution in [2.24, 2.45) is 10.8 Å². The molecule has 0 aliphatic rings. The number of H-pyrrole nitrogens is 1. The van der Waals surface area contributed by atoms with Gasteiger partial charge in [-0.15, -0.1) is 0 Å². The summed E-state index contributed by atoms with van der Waals surface area (Å²) < 4.78 is 83.9. The van der Waals surface area contributed by atoms with E-state index < -0.39 is 104 Å². The first-order chi connectivity index (χ1) is 41.0. The number of benzene rings is 4.